The lowest BCUT2D eigenvalue weighted by molar-refractivity contribution is -0.116. The van der Waals surface area contributed by atoms with Crippen LogP contribution in [0.4, 0.5) is 11.5 Å². The van der Waals surface area contributed by atoms with Gasteiger partial charge < -0.3 is 15.3 Å². The van der Waals surface area contributed by atoms with Gasteiger partial charge in [0.05, 0.1) is 11.9 Å². The van der Waals surface area contributed by atoms with Crippen LogP contribution < -0.4 is 10.2 Å². The Labute approximate surface area is 147 Å². The summed E-state index contributed by atoms with van der Waals surface area (Å²) in [5, 5.41) is 16.4. The summed E-state index contributed by atoms with van der Waals surface area (Å²) in [5.41, 5.74) is 1.80. The standard InChI is InChI=1S/C18H25N5O2/c1-22-12-15(11-20-22)4-5-17(25)21-16-3-2-8-19-18(16)23-9-6-14(13-24)7-10-23/h2-3,8,11-12,14,24H,4-7,9-10,13H2,1H3,(H,21,25). The van der Waals surface area contributed by atoms with Crippen LogP contribution in [-0.4, -0.2) is 45.5 Å². The number of hydrogen-bond donors (Lipinski definition) is 2. The van der Waals surface area contributed by atoms with Gasteiger partial charge in [-0.1, -0.05) is 0 Å². The number of carbonyl (C=O) groups excluding carboxylic acids is 1. The number of hydrogen-bond acceptors (Lipinski definition) is 5. The van der Waals surface area contributed by atoms with Gasteiger partial charge in [-0.25, -0.2) is 4.98 Å². The number of aliphatic hydroxyl groups is 1. The summed E-state index contributed by atoms with van der Waals surface area (Å²) in [6, 6.07) is 3.73. The van der Waals surface area contributed by atoms with E-state index in [2.05, 4.69) is 20.3 Å². The number of piperidine rings is 1. The monoisotopic (exact) mass is 343 g/mol. The number of aromatic nitrogens is 3. The Hall–Kier alpha value is -2.41. The number of aliphatic hydroxyl groups excluding tert-OH is 1. The molecule has 2 aromatic rings. The molecule has 134 valence electrons. The Kier molecular flexibility index (Phi) is 5.65. The second-order valence-corrected chi connectivity index (χ2v) is 6.56. The number of nitrogens with zero attached hydrogens (tertiary/aromatic N) is 4. The maximum atomic E-state index is 12.3. The van der Waals surface area contributed by atoms with Crippen LogP contribution in [0.1, 0.15) is 24.8 Å². The van der Waals surface area contributed by atoms with Crippen molar-refractivity contribution in [2.24, 2.45) is 13.0 Å². The normalized spacial score (nSPS) is 15.4. The van der Waals surface area contributed by atoms with Gasteiger partial charge in [-0.3, -0.25) is 9.48 Å². The maximum absolute atomic E-state index is 12.3. The Morgan fingerprint density at radius 3 is 2.88 bits per heavy atom. The molecule has 0 unspecified atom stereocenters. The fraction of sp³-hybridized carbons (Fsp3) is 0.500. The second kappa shape index (κ2) is 8.11. The molecule has 0 aromatic carbocycles. The number of anilines is 2. The zero-order valence-electron chi connectivity index (χ0n) is 14.6. The minimum Gasteiger partial charge on any atom is -0.396 e. The van der Waals surface area contributed by atoms with Crippen molar-refractivity contribution in [2.75, 3.05) is 29.9 Å². The topological polar surface area (TPSA) is 83.3 Å². The van der Waals surface area contributed by atoms with Gasteiger partial charge in [0, 0.05) is 45.6 Å². The van der Waals surface area contributed by atoms with Gasteiger partial charge in [-0.05, 0) is 42.9 Å². The predicted molar refractivity (Wildman–Crippen MR) is 96.4 cm³/mol. The van der Waals surface area contributed by atoms with E-state index in [9.17, 15) is 9.90 Å². The summed E-state index contributed by atoms with van der Waals surface area (Å²) in [6.07, 6.45) is 8.42. The number of carbonyl (C=O) groups is 1. The van der Waals surface area contributed by atoms with E-state index < -0.39 is 0 Å². The molecule has 2 N–H and O–H groups in total. The lowest BCUT2D eigenvalue weighted by Crippen LogP contribution is -2.35. The second-order valence-electron chi connectivity index (χ2n) is 6.56. The minimum atomic E-state index is -0.0247. The minimum absolute atomic E-state index is 0.0247. The molecule has 1 fully saturated rings. The predicted octanol–water partition coefficient (Wildman–Crippen LogP) is 1.60. The quantitative estimate of drug-likeness (QED) is 0.832. The summed E-state index contributed by atoms with van der Waals surface area (Å²) in [5.74, 6) is 1.16. The lowest BCUT2D eigenvalue weighted by Gasteiger charge is -2.33. The highest BCUT2D eigenvalue weighted by Crippen LogP contribution is 2.27. The fourth-order valence-electron chi connectivity index (χ4n) is 3.15. The van der Waals surface area contributed by atoms with Gasteiger partial charge >= 0.3 is 0 Å². The van der Waals surface area contributed by atoms with Crippen LogP contribution in [0.2, 0.25) is 0 Å². The highest BCUT2D eigenvalue weighted by atomic mass is 16.3. The molecule has 0 atom stereocenters. The Balaban J connectivity index is 1.59. The Morgan fingerprint density at radius 1 is 1.40 bits per heavy atom. The van der Waals surface area contributed by atoms with Crippen molar-refractivity contribution in [3.8, 4) is 0 Å². The molecule has 3 rings (SSSR count). The van der Waals surface area contributed by atoms with Crippen LogP contribution in [0.5, 0.6) is 0 Å². The smallest absolute Gasteiger partial charge is 0.224 e. The maximum Gasteiger partial charge on any atom is 0.224 e. The van der Waals surface area contributed by atoms with E-state index in [0.29, 0.717) is 18.8 Å². The van der Waals surface area contributed by atoms with E-state index in [1.165, 1.54) is 0 Å². The van der Waals surface area contributed by atoms with E-state index in [4.69, 9.17) is 0 Å². The number of rotatable bonds is 6. The molecule has 1 amide bonds. The molecule has 7 nitrogen and oxygen atoms in total. The van der Waals surface area contributed by atoms with Crippen molar-refractivity contribution in [2.45, 2.75) is 25.7 Å². The van der Waals surface area contributed by atoms with Crippen LogP contribution >= 0.6 is 0 Å². The molecule has 0 radical (unpaired) electrons. The summed E-state index contributed by atoms with van der Waals surface area (Å²) in [4.78, 5) is 19.0. The number of aryl methyl sites for hydroxylation is 2. The fourth-order valence-corrected chi connectivity index (χ4v) is 3.15. The third-order valence-corrected chi connectivity index (χ3v) is 4.63. The Bertz CT molecular complexity index is 707. The summed E-state index contributed by atoms with van der Waals surface area (Å²) < 4.78 is 1.74. The molecular formula is C18H25N5O2. The van der Waals surface area contributed by atoms with Gasteiger partial charge in [0.15, 0.2) is 5.82 Å². The first-order valence-electron chi connectivity index (χ1n) is 8.74. The Morgan fingerprint density at radius 2 is 2.20 bits per heavy atom. The molecule has 0 aliphatic carbocycles. The lowest BCUT2D eigenvalue weighted by atomic mass is 9.98. The van der Waals surface area contributed by atoms with Crippen molar-refractivity contribution >= 4 is 17.4 Å². The van der Waals surface area contributed by atoms with Crippen molar-refractivity contribution in [3.05, 3.63) is 36.3 Å². The van der Waals surface area contributed by atoms with E-state index in [0.717, 1.165) is 43.0 Å². The molecule has 25 heavy (non-hydrogen) atoms. The van der Waals surface area contributed by atoms with Crippen LogP contribution in [0.25, 0.3) is 0 Å². The molecule has 2 aromatic heterocycles. The largest absolute Gasteiger partial charge is 0.396 e. The SMILES string of the molecule is Cn1cc(CCC(=O)Nc2cccnc2N2CCC(CO)CC2)cn1. The summed E-state index contributed by atoms with van der Waals surface area (Å²) in [7, 11) is 1.87. The van der Waals surface area contributed by atoms with Gasteiger partial charge in [0.25, 0.3) is 0 Å². The van der Waals surface area contributed by atoms with Gasteiger partial charge in [-0.15, -0.1) is 0 Å². The van der Waals surface area contributed by atoms with Crippen molar-refractivity contribution in [1.29, 1.82) is 0 Å². The molecule has 0 saturated carbocycles. The van der Waals surface area contributed by atoms with Crippen LogP contribution in [-0.2, 0) is 18.3 Å². The zero-order valence-corrected chi connectivity index (χ0v) is 14.6. The third kappa shape index (κ3) is 4.57. The molecule has 3 heterocycles. The summed E-state index contributed by atoms with van der Waals surface area (Å²) >= 11 is 0. The van der Waals surface area contributed by atoms with Crippen molar-refractivity contribution in [3.63, 3.8) is 0 Å². The van der Waals surface area contributed by atoms with E-state index in [1.54, 1.807) is 17.1 Å². The highest BCUT2D eigenvalue weighted by Gasteiger charge is 2.21. The third-order valence-electron chi connectivity index (χ3n) is 4.63. The first-order chi connectivity index (χ1) is 12.2. The molecular weight excluding hydrogens is 318 g/mol. The average molecular weight is 343 g/mol. The van der Waals surface area contributed by atoms with E-state index >= 15 is 0 Å². The van der Waals surface area contributed by atoms with Crippen LogP contribution in [0.15, 0.2) is 30.7 Å². The average Bonchev–Trinajstić information content (AvgIpc) is 3.06. The molecule has 1 aliphatic heterocycles. The number of pyridine rings is 1. The first kappa shape index (κ1) is 17.4. The zero-order chi connectivity index (χ0) is 17.6. The van der Waals surface area contributed by atoms with Crippen LogP contribution in [0, 0.1) is 5.92 Å². The van der Waals surface area contributed by atoms with Gasteiger partial charge in [0.2, 0.25) is 5.91 Å². The van der Waals surface area contributed by atoms with E-state index in [-0.39, 0.29) is 12.5 Å². The van der Waals surface area contributed by atoms with Gasteiger partial charge in [0.1, 0.15) is 0 Å². The van der Waals surface area contributed by atoms with E-state index in [1.807, 2.05) is 25.4 Å². The van der Waals surface area contributed by atoms with Crippen molar-refractivity contribution in [1.82, 2.24) is 14.8 Å². The molecule has 1 saturated heterocycles. The van der Waals surface area contributed by atoms with Crippen LogP contribution in [0.3, 0.4) is 0 Å². The number of amides is 1. The summed E-state index contributed by atoms with van der Waals surface area (Å²) in [6.45, 7) is 1.94. The molecule has 0 bridgehead atoms. The molecule has 7 heteroatoms. The number of nitrogens with one attached hydrogen (secondary N) is 1. The van der Waals surface area contributed by atoms with Gasteiger partial charge in [-0.2, -0.15) is 5.10 Å². The molecule has 0 spiro atoms. The molecule has 1 aliphatic rings. The highest BCUT2D eigenvalue weighted by molar-refractivity contribution is 5.93. The first-order valence-corrected chi connectivity index (χ1v) is 8.74. The van der Waals surface area contributed by atoms with Crippen molar-refractivity contribution < 1.29 is 9.90 Å².